The van der Waals surface area contributed by atoms with E-state index in [0.29, 0.717) is 23.4 Å². The third kappa shape index (κ3) is 3.33. The second-order valence-electron chi connectivity index (χ2n) is 3.99. The molecule has 2 aromatic rings. The summed E-state index contributed by atoms with van der Waals surface area (Å²) in [5.74, 6) is 0.442. The number of pyridine rings is 1. The third-order valence-electron chi connectivity index (χ3n) is 2.55. The molecular formula is C15H13N3O2. The van der Waals surface area contributed by atoms with Crippen molar-refractivity contribution in [1.82, 2.24) is 4.98 Å². The Balaban J connectivity index is 2.09. The van der Waals surface area contributed by atoms with Crippen LogP contribution in [0.1, 0.15) is 22.8 Å². The van der Waals surface area contributed by atoms with Crippen molar-refractivity contribution in [2.75, 3.05) is 11.9 Å². The van der Waals surface area contributed by atoms with Crippen molar-refractivity contribution in [3.8, 4) is 11.8 Å². The Morgan fingerprint density at radius 2 is 2.10 bits per heavy atom. The Morgan fingerprint density at radius 3 is 2.75 bits per heavy atom. The predicted molar refractivity (Wildman–Crippen MR) is 74.5 cm³/mol. The summed E-state index contributed by atoms with van der Waals surface area (Å²) in [6.45, 7) is 2.50. The first-order valence-electron chi connectivity index (χ1n) is 6.12. The average Bonchev–Trinajstić information content (AvgIpc) is 2.49. The molecule has 2 rings (SSSR count). The van der Waals surface area contributed by atoms with E-state index in [1.165, 1.54) is 18.5 Å². The van der Waals surface area contributed by atoms with Gasteiger partial charge in [-0.05, 0) is 37.3 Å². The molecule has 0 spiro atoms. The van der Waals surface area contributed by atoms with Gasteiger partial charge in [-0.25, -0.2) is 0 Å². The van der Waals surface area contributed by atoms with E-state index in [1.807, 2.05) is 13.0 Å². The van der Waals surface area contributed by atoms with Gasteiger partial charge in [-0.3, -0.25) is 9.78 Å². The van der Waals surface area contributed by atoms with Crippen LogP contribution in [0.2, 0.25) is 0 Å². The molecule has 1 N–H and O–H groups in total. The van der Waals surface area contributed by atoms with Gasteiger partial charge in [0.05, 0.1) is 17.7 Å². The molecular weight excluding hydrogens is 254 g/mol. The smallest absolute Gasteiger partial charge is 0.257 e. The zero-order chi connectivity index (χ0) is 14.4. The Bertz CT molecular complexity index is 645. The molecule has 0 aliphatic heterocycles. The van der Waals surface area contributed by atoms with Crippen LogP contribution in [-0.4, -0.2) is 17.5 Å². The van der Waals surface area contributed by atoms with Gasteiger partial charge in [0, 0.05) is 18.1 Å². The number of hydrogen-bond acceptors (Lipinski definition) is 4. The molecule has 0 saturated heterocycles. The first-order chi connectivity index (χ1) is 9.72. The van der Waals surface area contributed by atoms with E-state index in [0.717, 1.165) is 5.75 Å². The van der Waals surface area contributed by atoms with Gasteiger partial charge in [-0.2, -0.15) is 5.26 Å². The third-order valence-corrected chi connectivity index (χ3v) is 2.55. The predicted octanol–water partition coefficient (Wildman–Crippen LogP) is 2.60. The van der Waals surface area contributed by atoms with E-state index >= 15 is 0 Å². The molecule has 1 aromatic carbocycles. The first-order valence-corrected chi connectivity index (χ1v) is 6.12. The van der Waals surface area contributed by atoms with Gasteiger partial charge < -0.3 is 10.1 Å². The summed E-state index contributed by atoms with van der Waals surface area (Å²) in [4.78, 5) is 15.9. The van der Waals surface area contributed by atoms with Crippen molar-refractivity contribution < 1.29 is 9.53 Å². The quantitative estimate of drug-likeness (QED) is 0.923. The van der Waals surface area contributed by atoms with Crippen LogP contribution in [0.3, 0.4) is 0 Å². The van der Waals surface area contributed by atoms with Gasteiger partial charge in [0.1, 0.15) is 11.8 Å². The van der Waals surface area contributed by atoms with Gasteiger partial charge in [0.2, 0.25) is 0 Å². The lowest BCUT2D eigenvalue weighted by Crippen LogP contribution is -2.12. The van der Waals surface area contributed by atoms with Crippen molar-refractivity contribution in [2.24, 2.45) is 0 Å². The van der Waals surface area contributed by atoms with Crippen molar-refractivity contribution in [3.63, 3.8) is 0 Å². The summed E-state index contributed by atoms with van der Waals surface area (Å²) in [5.41, 5.74) is 1.35. The van der Waals surface area contributed by atoms with E-state index in [4.69, 9.17) is 10.00 Å². The topological polar surface area (TPSA) is 75.0 Å². The standard InChI is InChI=1S/C15H13N3O2/c1-2-20-14-5-3-13(4-6-14)18-15(19)12-7-11(8-16)9-17-10-12/h3-7,9-10H,2H2,1H3,(H,18,19). The van der Waals surface area contributed by atoms with Crippen molar-refractivity contribution in [2.45, 2.75) is 6.92 Å². The van der Waals surface area contributed by atoms with Gasteiger partial charge in [0.15, 0.2) is 0 Å². The summed E-state index contributed by atoms with van der Waals surface area (Å²) in [6, 6.07) is 10.5. The monoisotopic (exact) mass is 267 g/mol. The lowest BCUT2D eigenvalue weighted by atomic mass is 10.2. The maximum atomic E-state index is 12.0. The molecule has 1 aromatic heterocycles. The molecule has 0 atom stereocenters. The molecule has 0 bridgehead atoms. The Hall–Kier alpha value is -2.87. The molecule has 5 nitrogen and oxygen atoms in total. The fourth-order valence-corrected chi connectivity index (χ4v) is 1.63. The van der Waals surface area contributed by atoms with E-state index < -0.39 is 0 Å². The number of rotatable bonds is 4. The number of carbonyl (C=O) groups excluding carboxylic acids is 1. The second kappa shape index (κ2) is 6.34. The molecule has 1 heterocycles. The molecule has 20 heavy (non-hydrogen) atoms. The number of nitriles is 1. The van der Waals surface area contributed by atoms with Crippen LogP contribution in [0.5, 0.6) is 5.75 Å². The van der Waals surface area contributed by atoms with Crippen LogP contribution in [0, 0.1) is 11.3 Å². The highest BCUT2D eigenvalue weighted by molar-refractivity contribution is 6.04. The van der Waals surface area contributed by atoms with Crippen molar-refractivity contribution >= 4 is 11.6 Å². The first kappa shape index (κ1) is 13.6. The van der Waals surface area contributed by atoms with Crippen LogP contribution in [-0.2, 0) is 0 Å². The van der Waals surface area contributed by atoms with Gasteiger partial charge in [-0.15, -0.1) is 0 Å². The van der Waals surface area contributed by atoms with E-state index in [-0.39, 0.29) is 5.91 Å². The van der Waals surface area contributed by atoms with Crippen LogP contribution >= 0.6 is 0 Å². The van der Waals surface area contributed by atoms with Gasteiger partial charge in [0.25, 0.3) is 5.91 Å². The summed E-state index contributed by atoms with van der Waals surface area (Å²) in [5, 5.41) is 11.5. The number of carbonyl (C=O) groups is 1. The maximum Gasteiger partial charge on any atom is 0.257 e. The highest BCUT2D eigenvalue weighted by Crippen LogP contribution is 2.16. The highest BCUT2D eigenvalue weighted by Gasteiger charge is 2.07. The molecule has 0 fully saturated rings. The minimum atomic E-state index is -0.307. The van der Waals surface area contributed by atoms with Gasteiger partial charge in [-0.1, -0.05) is 0 Å². The summed E-state index contributed by atoms with van der Waals surface area (Å²) in [6.07, 6.45) is 2.83. The number of nitrogens with zero attached hydrogens (tertiary/aromatic N) is 2. The Kier molecular flexibility index (Phi) is 4.30. The average molecular weight is 267 g/mol. The Morgan fingerprint density at radius 1 is 1.35 bits per heavy atom. The number of hydrogen-bond donors (Lipinski definition) is 1. The molecule has 0 unspecified atom stereocenters. The van der Waals surface area contributed by atoms with E-state index in [1.54, 1.807) is 24.3 Å². The lowest BCUT2D eigenvalue weighted by molar-refractivity contribution is 0.102. The molecule has 0 radical (unpaired) electrons. The van der Waals surface area contributed by atoms with Crippen LogP contribution in [0.4, 0.5) is 5.69 Å². The van der Waals surface area contributed by atoms with Crippen molar-refractivity contribution in [1.29, 1.82) is 5.26 Å². The largest absolute Gasteiger partial charge is 0.494 e. The number of ether oxygens (including phenoxy) is 1. The fraction of sp³-hybridized carbons (Fsp3) is 0.133. The summed E-state index contributed by atoms with van der Waals surface area (Å²) in [7, 11) is 0. The second-order valence-corrected chi connectivity index (χ2v) is 3.99. The Labute approximate surface area is 116 Å². The van der Waals surface area contributed by atoms with Gasteiger partial charge >= 0.3 is 0 Å². The lowest BCUT2D eigenvalue weighted by Gasteiger charge is -2.07. The number of benzene rings is 1. The minimum Gasteiger partial charge on any atom is -0.494 e. The van der Waals surface area contributed by atoms with Crippen LogP contribution in [0.15, 0.2) is 42.7 Å². The maximum absolute atomic E-state index is 12.0. The van der Waals surface area contributed by atoms with Crippen molar-refractivity contribution in [3.05, 3.63) is 53.9 Å². The summed E-state index contributed by atoms with van der Waals surface area (Å²) >= 11 is 0. The molecule has 0 saturated carbocycles. The normalized spacial score (nSPS) is 9.60. The molecule has 1 amide bonds. The van der Waals surface area contributed by atoms with E-state index in [9.17, 15) is 4.79 Å². The molecule has 0 aliphatic carbocycles. The molecule has 100 valence electrons. The number of nitrogens with one attached hydrogen (secondary N) is 1. The number of amides is 1. The number of anilines is 1. The highest BCUT2D eigenvalue weighted by atomic mass is 16.5. The SMILES string of the molecule is CCOc1ccc(NC(=O)c2cncc(C#N)c2)cc1. The number of aromatic nitrogens is 1. The zero-order valence-corrected chi connectivity index (χ0v) is 11.0. The molecule has 5 heteroatoms. The fourth-order valence-electron chi connectivity index (χ4n) is 1.63. The van der Waals surface area contributed by atoms with E-state index in [2.05, 4.69) is 10.3 Å². The van der Waals surface area contributed by atoms with Crippen LogP contribution < -0.4 is 10.1 Å². The van der Waals surface area contributed by atoms with Crippen LogP contribution in [0.25, 0.3) is 0 Å². The molecule has 0 aliphatic rings. The zero-order valence-electron chi connectivity index (χ0n) is 11.0. The minimum absolute atomic E-state index is 0.307. The summed E-state index contributed by atoms with van der Waals surface area (Å²) < 4.78 is 5.32.